The Hall–Kier alpha value is -3.51. The number of furan rings is 1. The third-order valence-electron chi connectivity index (χ3n) is 3.33. The molecule has 2 heterocycles. The lowest BCUT2D eigenvalue weighted by Crippen LogP contribution is -2.21. The van der Waals surface area contributed by atoms with E-state index >= 15 is 0 Å². The molecule has 0 bridgehead atoms. The molecular weight excluding hydrogens is 408 g/mol. The Labute approximate surface area is 162 Å². The molecule has 2 N–H and O–H groups in total. The van der Waals surface area contributed by atoms with Crippen LogP contribution in [0.25, 0.3) is 0 Å². The number of hydrazone groups is 1. The highest BCUT2D eigenvalue weighted by Crippen LogP contribution is 2.22. The third kappa shape index (κ3) is 4.42. The van der Waals surface area contributed by atoms with Gasteiger partial charge in [-0.25, -0.2) is 13.8 Å². The molecule has 0 aliphatic rings. The van der Waals surface area contributed by atoms with Gasteiger partial charge in [-0.2, -0.15) is 5.10 Å². The first-order valence-electron chi connectivity index (χ1n) is 7.60. The number of nitrogens with zero attached hydrogens (tertiary/aromatic N) is 2. The van der Waals surface area contributed by atoms with Crippen molar-refractivity contribution in [3.63, 3.8) is 0 Å². The fourth-order valence-corrected chi connectivity index (χ4v) is 4.18. The second-order valence-corrected chi connectivity index (χ2v) is 8.07. The number of thiophene rings is 1. The number of carbonyl (C=O) groups excluding carboxylic acids is 1. The molecule has 0 aliphatic carbocycles. The van der Waals surface area contributed by atoms with Gasteiger partial charge in [0, 0.05) is 0 Å². The molecule has 0 spiro atoms. The summed E-state index contributed by atoms with van der Waals surface area (Å²) in [4.78, 5) is 22.2. The molecule has 0 radical (unpaired) electrons. The highest BCUT2D eigenvalue weighted by Gasteiger charge is 2.19. The van der Waals surface area contributed by atoms with Gasteiger partial charge in [-0.05, 0) is 29.6 Å². The SMILES string of the molecule is O=C(N/N=C\c1ccc([N+](=O)[O-])o1)c1ccccc1NS(=O)(=O)c1cccs1. The Morgan fingerprint density at radius 1 is 1.18 bits per heavy atom. The van der Waals surface area contributed by atoms with Crippen LogP contribution in [0.4, 0.5) is 11.6 Å². The Morgan fingerprint density at radius 3 is 2.64 bits per heavy atom. The zero-order valence-corrected chi connectivity index (χ0v) is 15.6. The van der Waals surface area contributed by atoms with Gasteiger partial charge in [0.25, 0.3) is 15.9 Å². The molecular formula is C16H12N4O6S2. The maximum absolute atomic E-state index is 12.4. The van der Waals surface area contributed by atoms with Gasteiger partial charge >= 0.3 is 5.88 Å². The lowest BCUT2D eigenvalue weighted by Gasteiger charge is -2.10. The number of carbonyl (C=O) groups is 1. The maximum atomic E-state index is 12.4. The van der Waals surface area contributed by atoms with Crippen molar-refractivity contribution in [2.24, 2.45) is 5.10 Å². The average Bonchev–Trinajstić information content (AvgIpc) is 3.34. The minimum Gasteiger partial charge on any atom is -0.400 e. The number of rotatable bonds is 7. The van der Waals surface area contributed by atoms with Crippen molar-refractivity contribution in [3.8, 4) is 0 Å². The van der Waals surface area contributed by atoms with Gasteiger partial charge in [0.15, 0.2) is 5.76 Å². The van der Waals surface area contributed by atoms with E-state index in [1.54, 1.807) is 23.6 Å². The summed E-state index contributed by atoms with van der Waals surface area (Å²) in [5.74, 6) is -1.07. The van der Waals surface area contributed by atoms with Gasteiger partial charge in [-0.15, -0.1) is 11.3 Å². The quantitative estimate of drug-likeness (QED) is 0.342. The van der Waals surface area contributed by atoms with Crippen LogP contribution in [-0.2, 0) is 10.0 Å². The van der Waals surface area contributed by atoms with E-state index in [2.05, 4.69) is 15.2 Å². The third-order valence-corrected chi connectivity index (χ3v) is 6.09. The molecule has 144 valence electrons. The van der Waals surface area contributed by atoms with Gasteiger partial charge in [0.1, 0.15) is 9.13 Å². The number of hydrogen-bond acceptors (Lipinski definition) is 8. The van der Waals surface area contributed by atoms with Crippen LogP contribution in [0.3, 0.4) is 0 Å². The number of nitrogens with one attached hydrogen (secondary N) is 2. The monoisotopic (exact) mass is 420 g/mol. The highest BCUT2D eigenvalue weighted by molar-refractivity contribution is 7.94. The van der Waals surface area contributed by atoms with Crippen molar-refractivity contribution in [1.29, 1.82) is 0 Å². The molecule has 0 saturated carbocycles. The molecule has 28 heavy (non-hydrogen) atoms. The summed E-state index contributed by atoms with van der Waals surface area (Å²) in [6.07, 6.45) is 1.09. The van der Waals surface area contributed by atoms with Crippen molar-refractivity contribution in [2.75, 3.05) is 4.72 Å². The Morgan fingerprint density at radius 2 is 1.96 bits per heavy atom. The van der Waals surface area contributed by atoms with Crippen molar-refractivity contribution in [1.82, 2.24) is 5.43 Å². The Kier molecular flexibility index (Phi) is 5.52. The molecule has 0 fully saturated rings. The molecule has 1 amide bonds. The number of benzene rings is 1. The molecule has 12 heteroatoms. The summed E-state index contributed by atoms with van der Waals surface area (Å²) >= 11 is 1.05. The summed E-state index contributed by atoms with van der Waals surface area (Å²) in [6.45, 7) is 0. The second kappa shape index (κ2) is 8.02. The fraction of sp³-hybridized carbons (Fsp3) is 0. The number of amides is 1. The number of para-hydroxylation sites is 1. The Balaban J connectivity index is 1.73. The minimum atomic E-state index is -3.82. The smallest absolute Gasteiger partial charge is 0.400 e. The molecule has 0 aliphatic heterocycles. The first-order chi connectivity index (χ1) is 13.4. The molecule has 10 nitrogen and oxygen atoms in total. The zero-order valence-electron chi connectivity index (χ0n) is 13.9. The van der Waals surface area contributed by atoms with Crippen LogP contribution in [0.15, 0.2) is 67.6 Å². The van der Waals surface area contributed by atoms with Crippen molar-refractivity contribution < 1.29 is 22.6 Å². The van der Waals surface area contributed by atoms with E-state index in [1.807, 2.05) is 0 Å². The topological polar surface area (TPSA) is 144 Å². The predicted molar refractivity (Wildman–Crippen MR) is 102 cm³/mol. The normalized spacial score (nSPS) is 11.4. The van der Waals surface area contributed by atoms with Gasteiger partial charge in [0.05, 0.1) is 23.5 Å². The van der Waals surface area contributed by atoms with Crippen LogP contribution in [-0.4, -0.2) is 25.5 Å². The molecule has 3 rings (SSSR count). The van der Waals surface area contributed by atoms with Crippen molar-refractivity contribution in [2.45, 2.75) is 4.21 Å². The lowest BCUT2D eigenvalue weighted by molar-refractivity contribution is -0.402. The van der Waals surface area contributed by atoms with Gasteiger partial charge < -0.3 is 4.42 Å². The van der Waals surface area contributed by atoms with Crippen LogP contribution < -0.4 is 10.1 Å². The average molecular weight is 420 g/mol. The summed E-state index contributed by atoms with van der Waals surface area (Å²) in [7, 11) is -3.82. The van der Waals surface area contributed by atoms with Gasteiger partial charge in [-0.3, -0.25) is 19.6 Å². The standard InChI is InChI=1S/C16H12N4O6S2/c21-16(18-17-10-11-7-8-14(26-11)20(22)23)12-4-1-2-5-13(12)19-28(24,25)15-6-3-9-27-15/h1-10,19H,(H,18,21)/b17-10-. The second-order valence-electron chi connectivity index (χ2n) is 5.22. The van der Waals surface area contributed by atoms with Crippen LogP contribution >= 0.6 is 11.3 Å². The van der Waals surface area contributed by atoms with Gasteiger partial charge in [-0.1, -0.05) is 18.2 Å². The molecule has 3 aromatic rings. The summed E-state index contributed by atoms with van der Waals surface area (Å²) in [5, 5.41) is 15.8. The first-order valence-corrected chi connectivity index (χ1v) is 9.96. The van der Waals surface area contributed by atoms with E-state index < -0.39 is 26.7 Å². The molecule has 2 aromatic heterocycles. The van der Waals surface area contributed by atoms with E-state index in [1.165, 1.54) is 24.3 Å². The first kappa shape index (κ1) is 19.3. The zero-order chi connectivity index (χ0) is 20.1. The lowest BCUT2D eigenvalue weighted by atomic mass is 10.2. The number of hydrogen-bond donors (Lipinski definition) is 2. The van der Waals surface area contributed by atoms with Gasteiger partial charge in [0.2, 0.25) is 0 Å². The van der Waals surface area contributed by atoms with Crippen LogP contribution in [0, 0.1) is 10.1 Å². The molecule has 1 aromatic carbocycles. The number of nitro groups is 1. The van der Waals surface area contributed by atoms with Crippen LogP contribution in [0.2, 0.25) is 0 Å². The predicted octanol–water partition coefficient (Wildman–Crippen LogP) is 2.81. The molecule has 0 unspecified atom stereocenters. The highest BCUT2D eigenvalue weighted by atomic mass is 32.2. The van der Waals surface area contributed by atoms with E-state index in [4.69, 9.17) is 4.42 Å². The van der Waals surface area contributed by atoms with E-state index in [9.17, 15) is 23.3 Å². The van der Waals surface area contributed by atoms with Crippen molar-refractivity contribution in [3.05, 3.63) is 75.3 Å². The van der Waals surface area contributed by atoms with Crippen LogP contribution in [0.5, 0.6) is 0 Å². The Bertz CT molecular complexity index is 1140. The van der Waals surface area contributed by atoms with Crippen LogP contribution in [0.1, 0.15) is 16.1 Å². The number of sulfonamides is 1. The summed E-state index contributed by atoms with van der Waals surface area (Å²) in [5.41, 5.74) is 2.34. The molecule has 0 atom stereocenters. The largest absolute Gasteiger partial charge is 0.433 e. The maximum Gasteiger partial charge on any atom is 0.433 e. The fourth-order valence-electron chi connectivity index (χ4n) is 2.11. The van der Waals surface area contributed by atoms with E-state index in [0.29, 0.717) is 0 Å². The molecule has 0 saturated heterocycles. The number of anilines is 1. The van der Waals surface area contributed by atoms with Crippen molar-refractivity contribution >= 4 is 45.1 Å². The minimum absolute atomic E-state index is 0.0465. The van der Waals surface area contributed by atoms with E-state index in [0.717, 1.165) is 23.6 Å². The summed E-state index contributed by atoms with van der Waals surface area (Å²) in [6, 6.07) is 11.5. The summed E-state index contributed by atoms with van der Waals surface area (Å²) < 4.78 is 32.1. The van der Waals surface area contributed by atoms with E-state index in [-0.39, 0.29) is 21.2 Å².